The minimum atomic E-state index is -4.95. The van der Waals surface area contributed by atoms with Gasteiger partial charge in [-0.05, 0) is 31.6 Å². The molecule has 3 N–H and O–H groups in total. The van der Waals surface area contributed by atoms with Crippen molar-refractivity contribution in [3.05, 3.63) is 0 Å². The molecule has 2 unspecified atom stereocenters. The fraction of sp³-hybridized carbons (Fsp3) is 0.940. The van der Waals surface area contributed by atoms with Gasteiger partial charge in [-0.3, -0.25) is 37.3 Å². The van der Waals surface area contributed by atoms with Gasteiger partial charge in [0, 0.05) is 25.7 Å². The van der Waals surface area contributed by atoms with Crippen molar-refractivity contribution in [2.24, 2.45) is 5.92 Å². The van der Waals surface area contributed by atoms with Gasteiger partial charge in [-0.2, -0.15) is 0 Å². The highest BCUT2D eigenvalue weighted by molar-refractivity contribution is 7.47. The first kappa shape index (κ1) is 84.1. The zero-order chi connectivity index (χ0) is 63.5. The van der Waals surface area contributed by atoms with Crippen LogP contribution in [0.3, 0.4) is 0 Å². The molecule has 0 aromatic rings. The number of carbonyl (C=O) groups excluding carboxylic acids is 4. The second kappa shape index (κ2) is 60.6. The van der Waals surface area contributed by atoms with E-state index in [1.165, 1.54) is 167 Å². The van der Waals surface area contributed by atoms with Crippen LogP contribution in [0.15, 0.2) is 0 Å². The molecule has 0 fully saturated rings. The molecule has 0 spiro atoms. The fourth-order valence-electron chi connectivity index (χ4n) is 10.1. The Morgan fingerprint density at radius 1 is 0.314 bits per heavy atom. The van der Waals surface area contributed by atoms with Crippen LogP contribution >= 0.6 is 15.6 Å². The summed E-state index contributed by atoms with van der Waals surface area (Å²) in [7, 11) is -9.89. The quantitative estimate of drug-likeness (QED) is 0.0222. The number of unbranched alkanes of at least 4 members (excludes halogenated alkanes) is 39. The molecule has 19 heteroatoms. The van der Waals surface area contributed by atoms with Crippen LogP contribution in [0.2, 0.25) is 0 Å². The smallest absolute Gasteiger partial charge is 0.462 e. The van der Waals surface area contributed by atoms with Gasteiger partial charge in [0.05, 0.1) is 26.4 Å². The largest absolute Gasteiger partial charge is 0.472 e. The van der Waals surface area contributed by atoms with Crippen LogP contribution in [0.1, 0.15) is 343 Å². The molecule has 0 aliphatic heterocycles. The maximum atomic E-state index is 13.0. The highest BCUT2D eigenvalue weighted by Gasteiger charge is 2.30. The molecule has 0 aromatic heterocycles. The van der Waals surface area contributed by atoms with Crippen molar-refractivity contribution in [2.75, 3.05) is 39.6 Å². The van der Waals surface area contributed by atoms with Crippen molar-refractivity contribution in [3.63, 3.8) is 0 Å². The molecule has 0 heterocycles. The number of aliphatic hydroxyl groups is 1. The number of esters is 4. The predicted molar refractivity (Wildman–Crippen MR) is 345 cm³/mol. The van der Waals surface area contributed by atoms with Crippen LogP contribution in [0.25, 0.3) is 0 Å². The number of hydrogen-bond acceptors (Lipinski definition) is 15. The summed E-state index contributed by atoms with van der Waals surface area (Å²) in [6, 6.07) is 0. The zero-order valence-corrected chi connectivity index (χ0v) is 57.2. The Kier molecular flexibility index (Phi) is 59.2. The van der Waals surface area contributed by atoms with Crippen LogP contribution in [0.5, 0.6) is 0 Å². The highest BCUT2D eigenvalue weighted by atomic mass is 31.2. The number of ether oxygens (including phenoxy) is 4. The second-order valence-corrected chi connectivity index (χ2v) is 27.6. The van der Waals surface area contributed by atoms with Crippen molar-refractivity contribution < 1.29 is 80.2 Å². The first-order chi connectivity index (χ1) is 41.5. The second-order valence-electron chi connectivity index (χ2n) is 24.7. The zero-order valence-electron chi connectivity index (χ0n) is 55.4. The van der Waals surface area contributed by atoms with Gasteiger partial charge in [0.1, 0.15) is 19.3 Å². The number of hydrogen-bond donors (Lipinski definition) is 3. The summed E-state index contributed by atoms with van der Waals surface area (Å²) in [5.41, 5.74) is 0. The van der Waals surface area contributed by atoms with Crippen LogP contribution in [0, 0.1) is 5.92 Å². The summed E-state index contributed by atoms with van der Waals surface area (Å²) in [4.78, 5) is 72.4. The summed E-state index contributed by atoms with van der Waals surface area (Å²) < 4.78 is 68.1. The molecule has 0 rings (SSSR count). The van der Waals surface area contributed by atoms with E-state index >= 15 is 0 Å². The molecule has 0 saturated heterocycles. The van der Waals surface area contributed by atoms with E-state index in [2.05, 4.69) is 34.6 Å². The molecule has 0 saturated carbocycles. The van der Waals surface area contributed by atoms with Crippen molar-refractivity contribution >= 4 is 39.5 Å². The summed E-state index contributed by atoms with van der Waals surface area (Å²) in [6.07, 6.45) is 45.7. The van der Waals surface area contributed by atoms with Crippen molar-refractivity contribution in [2.45, 2.75) is 361 Å². The first-order valence-electron chi connectivity index (χ1n) is 35.1. The summed E-state index contributed by atoms with van der Waals surface area (Å²) in [5, 5.41) is 10.6. The van der Waals surface area contributed by atoms with Gasteiger partial charge < -0.3 is 33.8 Å². The Hall–Kier alpha value is -1.94. The third kappa shape index (κ3) is 60.9. The average Bonchev–Trinajstić information content (AvgIpc) is 3.66. The van der Waals surface area contributed by atoms with Gasteiger partial charge in [-0.15, -0.1) is 0 Å². The molecular weight excluding hydrogens is 1140 g/mol. The van der Waals surface area contributed by atoms with Crippen LogP contribution in [0.4, 0.5) is 0 Å². The van der Waals surface area contributed by atoms with Gasteiger partial charge >= 0.3 is 39.5 Å². The number of phosphoric ester groups is 2. The lowest BCUT2D eigenvalue weighted by molar-refractivity contribution is -0.161. The molecule has 0 aliphatic rings. The Morgan fingerprint density at radius 2 is 0.535 bits per heavy atom. The van der Waals surface area contributed by atoms with E-state index in [1.54, 1.807) is 0 Å². The maximum Gasteiger partial charge on any atom is 0.472 e. The molecule has 0 aromatic carbocycles. The minimum absolute atomic E-state index is 0.105. The Morgan fingerprint density at radius 3 is 0.791 bits per heavy atom. The molecule has 0 radical (unpaired) electrons. The van der Waals surface area contributed by atoms with E-state index in [0.717, 1.165) is 95.8 Å². The van der Waals surface area contributed by atoms with E-state index in [0.29, 0.717) is 25.7 Å². The molecular formula is C67H130O17P2. The van der Waals surface area contributed by atoms with Gasteiger partial charge in [-0.1, -0.05) is 291 Å². The molecule has 510 valence electrons. The van der Waals surface area contributed by atoms with Crippen molar-refractivity contribution in [1.29, 1.82) is 0 Å². The summed E-state index contributed by atoms with van der Waals surface area (Å²) in [6.45, 7) is 7.18. The van der Waals surface area contributed by atoms with Crippen LogP contribution in [-0.4, -0.2) is 96.7 Å². The van der Waals surface area contributed by atoms with Crippen LogP contribution in [-0.2, 0) is 65.4 Å². The van der Waals surface area contributed by atoms with Gasteiger partial charge in [-0.25, -0.2) is 9.13 Å². The number of phosphoric acid groups is 2. The van der Waals surface area contributed by atoms with E-state index in [4.69, 9.17) is 37.0 Å². The van der Waals surface area contributed by atoms with Gasteiger partial charge in [0.15, 0.2) is 12.2 Å². The lowest BCUT2D eigenvalue weighted by atomic mass is 10.0. The maximum absolute atomic E-state index is 13.0. The normalized spacial score (nSPS) is 14.2. The minimum Gasteiger partial charge on any atom is -0.462 e. The number of rotatable bonds is 67. The van der Waals surface area contributed by atoms with E-state index in [1.807, 2.05) is 0 Å². The van der Waals surface area contributed by atoms with Crippen LogP contribution < -0.4 is 0 Å². The highest BCUT2D eigenvalue weighted by Crippen LogP contribution is 2.45. The SMILES string of the molecule is CCCCCCCCCCCCCCC(=O)OC[C@H](COP(=O)(O)OC[C@@H](O)COP(=O)(O)OC[C@@H](COC(=O)CCCCCCCCCCCCC)OC(=O)CCCCCCCCCCC(C)C)OC(=O)CCCCCCCCCCCCCC. The van der Waals surface area contributed by atoms with Crippen molar-refractivity contribution in [3.8, 4) is 0 Å². The summed E-state index contributed by atoms with van der Waals surface area (Å²) >= 11 is 0. The molecule has 86 heavy (non-hydrogen) atoms. The lowest BCUT2D eigenvalue weighted by Gasteiger charge is -2.21. The first-order valence-corrected chi connectivity index (χ1v) is 38.1. The summed E-state index contributed by atoms with van der Waals surface area (Å²) in [5.74, 6) is -1.41. The molecule has 17 nitrogen and oxygen atoms in total. The topological polar surface area (TPSA) is 237 Å². The Bertz CT molecular complexity index is 1670. The average molecular weight is 1270 g/mol. The van der Waals surface area contributed by atoms with Gasteiger partial charge in [0.2, 0.25) is 0 Å². The Balaban J connectivity index is 5.25. The number of carbonyl (C=O) groups is 4. The molecule has 0 aliphatic carbocycles. The molecule has 0 amide bonds. The van der Waals surface area contributed by atoms with Gasteiger partial charge in [0.25, 0.3) is 0 Å². The third-order valence-electron chi connectivity index (χ3n) is 15.5. The fourth-order valence-corrected chi connectivity index (χ4v) is 11.7. The molecule has 5 atom stereocenters. The predicted octanol–water partition coefficient (Wildman–Crippen LogP) is 19.0. The molecule has 0 bridgehead atoms. The lowest BCUT2D eigenvalue weighted by Crippen LogP contribution is -2.30. The van der Waals surface area contributed by atoms with E-state index in [-0.39, 0.29) is 25.7 Å². The standard InChI is InChI=1S/C67H130O17P2/c1-6-9-12-15-18-21-24-27-30-36-41-46-51-65(70)78-56-62(83-66(71)52-47-42-37-31-28-25-22-19-16-13-10-7-2)58-81-85(73,74)79-54-61(68)55-80-86(75,76)82-59-63(84-67(72)53-48-43-38-33-32-34-39-44-49-60(4)5)57-77-64(69)50-45-40-35-29-26-23-20-17-14-11-8-3/h60-63,68H,6-59H2,1-5H3,(H,73,74)(H,75,76)/t61-,62-,63-/m1/s1. The Labute approximate surface area is 524 Å². The van der Waals surface area contributed by atoms with Crippen molar-refractivity contribution in [1.82, 2.24) is 0 Å². The van der Waals surface area contributed by atoms with E-state index in [9.17, 15) is 43.2 Å². The monoisotopic (exact) mass is 1270 g/mol. The van der Waals surface area contributed by atoms with E-state index < -0.39 is 97.5 Å². The third-order valence-corrected chi connectivity index (χ3v) is 17.4. The number of aliphatic hydroxyl groups excluding tert-OH is 1.